The van der Waals surface area contributed by atoms with Crippen LogP contribution >= 0.6 is 0 Å². The van der Waals surface area contributed by atoms with Gasteiger partial charge in [-0.15, -0.1) is 0 Å². The van der Waals surface area contributed by atoms with E-state index in [0.717, 1.165) is 27.5 Å². The van der Waals surface area contributed by atoms with Crippen molar-refractivity contribution in [3.63, 3.8) is 0 Å². The fourth-order valence-electron chi connectivity index (χ4n) is 2.71. The van der Waals surface area contributed by atoms with Gasteiger partial charge in [0.1, 0.15) is 5.69 Å². The van der Waals surface area contributed by atoms with Crippen molar-refractivity contribution in [3.05, 3.63) is 77.1 Å². The van der Waals surface area contributed by atoms with E-state index in [1.54, 1.807) is 6.20 Å². The van der Waals surface area contributed by atoms with Crippen LogP contribution in [0.25, 0.3) is 10.8 Å². The second-order valence-electron chi connectivity index (χ2n) is 5.42. The minimum absolute atomic E-state index is 0.0730. The van der Waals surface area contributed by atoms with Gasteiger partial charge in [-0.2, -0.15) is 0 Å². The quantitative estimate of drug-likeness (QED) is 0.668. The highest BCUT2D eigenvalue weighted by molar-refractivity contribution is 5.99. The van der Waals surface area contributed by atoms with Crippen LogP contribution in [0.1, 0.15) is 27.2 Å². The number of carbonyl (C=O) groups is 1. The Kier molecular flexibility index (Phi) is 3.53. The van der Waals surface area contributed by atoms with E-state index in [4.69, 9.17) is 0 Å². The number of fused-ring (bicyclic) bond motifs is 1. The molecule has 0 saturated heterocycles. The molecule has 0 amide bonds. The molecule has 104 valence electrons. The normalized spacial score (nSPS) is 10.8. The third-order valence-electron chi connectivity index (χ3n) is 3.71. The van der Waals surface area contributed by atoms with Crippen LogP contribution in [0.3, 0.4) is 0 Å². The Labute approximate surface area is 124 Å². The predicted octanol–water partition coefficient (Wildman–Crippen LogP) is 4.28. The van der Waals surface area contributed by atoms with Gasteiger partial charge in [0.25, 0.3) is 0 Å². The largest absolute Gasteiger partial charge is 0.292 e. The molecule has 3 rings (SSSR count). The van der Waals surface area contributed by atoms with E-state index in [1.807, 2.05) is 44.2 Å². The van der Waals surface area contributed by atoms with Gasteiger partial charge in [0, 0.05) is 12.6 Å². The van der Waals surface area contributed by atoms with E-state index in [1.165, 1.54) is 0 Å². The van der Waals surface area contributed by atoms with Crippen molar-refractivity contribution in [1.82, 2.24) is 4.98 Å². The monoisotopic (exact) mass is 275 g/mol. The fraction of sp³-hybridized carbons (Fsp3) is 0.158. The average Bonchev–Trinajstić information content (AvgIpc) is 2.47. The first kappa shape index (κ1) is 13.5. The first-order chi connectivity index (χ1) is 10.1. The lowest BCUT2D eigenvalue weighted by molar-refractivity contribution is 0.0988. The molecule has 2 nitrogen and oxygen atoms in total. The maximum Gasteiger partial charge on any atom is 0.185 e. The molecule has 0 saturated carbocycles. The first-order valence-corrected chi connectivity index (χ1v) is 7.08. The molecule has 1 heterocycles. The SMILES string of the molecule is Cc1cnc(C(=O)Cc2cccc3ccccc23)c(C)c1. The summed E-state index contributed by atoms with van der Waals surface area (Å²) in [5.74, 6) is 0.0730. The minimum atomic E-state index is 0.0730. The van der Waals surface area contributed by atoms with E-state index in [9.17, 15) is 4.79 Å². The Bertz CT molecular complexity index is 815. The number of hydrogen-bond acceptors (Lipinski definition) is 2. The molecule has 0 aliphatic carbocycles. The number of Topliss-reactive ketones (excluding diaryl/α,β-unsaturated/α-hetero) is 1. The van der Waals surface area contributed by atoms with Crippen molar-refractivity contribution in [3.8, 4) is 0 Å². The van der Waals surface area contributed by atoms with Gasteiger partial charge >= 0.3 is 0 Å². The fourth-order valence-corrected chi connectivity index (χ4v) is 2.71. The molecule has 21 heavy (non-hydrogen) atoms. The zero-order valence-electron chi connectivity index (χ0n) is 12.3. The summed E-state index contributed by atoms with van der Waals surface area (Å²) < 4.78 is 0. The number of aromatic nitrogens is 1. The topological polar surface area (TPSA) is 30.0 Å². The van der Waals surface area contributed by atoms with Crippen molar-refractivity contribution < 1.29 is 4.79 Å². The summed E-state index contributed by atoms with van der Waals surface area (Å²) in [4.78, 5) is 16.8. The molecule has 2 heteroatoms. The van der Waals surface area contributed by atoms with Crippen molar-refractivity contribution in [2.75, 3.05) is 0 Å². The molecule has 0 bridgehead atoms. The van der Waals surface area contributed by atoms with Crippen molar-refractivity contribution in [2.24, 2.45) is 0 Å². The van der Waals surface area contributed by atoms with Crippen LogP contribution in [0.15, 0.2) is 54.7 Å². The highest BCUT2D eigenvalue weighted by atomic mass is 16.1. The van der Waals surface area contributed by atoms with Crippen molar-refractivity contribution in [1.29, 1.82) is 0 Å². The second kappa shape index (κ2) is 5.49. The third-order valence-corrected chi connectivity index (χ3v) is 3.71. The van der Waals surface area contributed by atoms with E-state index >= 15 is 0 Å². The molecule has 0 aliphatic heterocycles. The van der Waals surface area contributed by atoms with Gasteiger partial charge in [-0.1, -0.05) is 48.5 Å². The van der Waals surface area contributed by atoms with E-state index in [0.29, 0.717) is 12.1 Å². The Morgan fingerprint density at radius 1 is 1.05 bits per heavy atom. The first-order valence-electron chi connectivity index (χ1n) is 7.08. The number of pyridine rings is 1. The summed E-state index contributed by atoms with van der Waals surface area (Å²) in [6.07, 6.45) is 2.14. The molecule has 0 N–H and O–H groups in total. The molecule has 2 aromatic carbocycles. The molecule has 0 aliphatic rings. The number of rotatable bonds is 3. The van der Waals surface area contributed by atoms with E-state index in [-0.39, 0.29) is 5.78 Å². The summed E-state index contributed by atoms with van der Waals surface area (Å²) in [6, 6.07) is 16.2. The molecular weight excluding hydrogens is 258 g/mol. The van der Waals surface area contributed by atoms with Gasteiger partial charge in [0.15, 0.2) is 5.78 Å². The lowest BCUT2D eigenvalue weighted by atomic mass is 9.98. The summed E-state index contributed by atoms with van der Waals surface area (Å²) in [5, 5.41) is 2.30. The van der Waals surface area contributed by atoms with Crippen LogP contribution in [0.2, 0.25) is 0 Å². The zero-order valence-corrected chi connectivity index (χ0v) is 12.3. The molecule has 0 fully saturated rings. The number of ketones is 1. The summed E-state index contributed by atoms with van der Waals surface area (Å²) in [6.45, 7) is 3.93. The molecule has 0 unspecified atom stereocenters. The molecule has 0 spiro atoms. The van der Waals surface area contributed by atoms with Crippen LogP contribution in [0.4, 0.5) is 0 Å². The summed E-state index contributed by atoms with van der Waals surface area (Å²) in [7, 11) is 0. The number of benzene rings is 2. The molecular formula is C19H17NO. The Balaban J connectivity index is 1.97. The second-order valence-corrected chi connectivity index (χ2v) is 5.42. The molecule has 3 aromatic rings. The van der Waals surface area contributed by atoms with E-state index < -0.39 is 0 Å². The van der Waals surface area contributed by atoms with Crippen LogP contribution in [0.5, 0.6) is 0 Å². The summed E-state index contributed by atoms with van der Waals surface area (Å²) >= 11 is 0. The Hall–Kier alpha value is -2.48. The lowest BCUT2D eigenvalue weighted by Gasteiger charge is -2.08. The van der Waals surface area contributed by atoms with Crippen molar-refractivity contribution in [2.45, 2.75) is 20.3 Å². The maximum atomic E-state index is 12.5. The molecule has 1 aromatic heterocycles. The Morgan fingerprint density at radius 3 is 2.62 bits per heavy atom. The number of nitrogens with zero attached hydrogens (tertiary/aromatic N) is 1. The van der Waals surface area contributed by atoms with Crippen LogP contribution in [-0.2, 0) is 6.42 Å². The van der Waals surface area contributed by atoms with Gasteiger partial charge in [-0.05, 0) is 41.3 Å². The van der Waals surface area contributed by atoms with Gasteiger partial charge in [0.2, 0.25) is 0 Å². The summed E-state index contributed by atoms with van der Waals surface area (Å²) in [5.41, 5.74) is 3.66. The number of carbonyl (C=O) groups excluding carboxylic acids is 1. The molecule has 0 atom stereocenters. The van der Waals surface area contributed by atoms with E-state index in [2.05, 4.69) is 23.2 Å². The minimum Gasteiger partial charge on any atom is -0.292 e. The average molecular weight is 275 g/mol. The van der Waals surface area contributed by atoms with Gasteiger partial charge < -0.3 is 0 Å². The van der Waals surface area contributed by atoms with Gasteiger partial charge in [-0.25, -0.2) is 0 Å². The molecule has 0 radical (unpaired) electrons. The van der Waals surface area contributed by atoms with Crippen molar-refractivity contribution >= 4 is 16.6 Å². The smallest absolute Gasteiger partial charge is 0.185 e. The predicted molar refractivity (Wildman–Crippen MR) is 85.7 cm³/mol. The lowest BCUT2D eigenvalue weighted by Crippen LogP contribution is -2.08. The van der Waals surface area contributed by atoms with Gasteiger partial charge in [-0.3, -0.25) is 9.78 Å². The zero-order chi connectivity index (χ0) is 14.8. The van der Waals surface area contributed by atoms with Crippen LogP contribution in [0, 0.1) is 13.8 Å². The maximum absolute atomic E-state index is 12.5. The number of hydrogen-bond donors (Lipinski definition) is 0. The van der Waals surface area contributed by atoms with Crippen LogP contribution in [-0.4, -0.2) is 10.8 Å². The van der Waals surface area contributed by atoms with Crippen LogP contribution < -0.4 is 0 Å². The highest BCUT2D eigenvalue weighted by Gasteiger charge is 2.13. The Morgan fingerprint density at radius 2 is 1.81 bits per heavy atom. The third kappa shape index (κ3) is 2.70. The highest BCUT2D eigenvalue weighted by Crippen LogP contribution is 2.20. The van der Waals surface area contributed by atoms with Gasteiger partial charge in [0.05, 0.1) is 0 Å². The number of aryl methyl sites for hydroxylation is 2. The standard InChI is InChI=1S/C19H17NO/c1-13-10-14(2)19(20-12-13)18(21)11-16-8-5-7-15-6-3-4-9-17(15)16/h3-10,12H,11H2,1-2H3.